The fourth-order valence-electron chi connectivity index (χ4n) is 2.30. The zero-order valence-corrected chi connectivity index (χ0v) is 13.2. The van der Waals surface area contributed by atoms with Crippen LogP contribution < -0.4 is 4.74 Å². The number of ether oxygens (including phenoxy) is 2. The van der Waals surface area contributed by atoms with E-state index in [4.69, 9.17) is 9.47 Å². The molecule has 124 valence electrons. The van der Waals surface area contributed by atoms with Gasteiger partial charge in [-0.15, -0.1) is 0 Å². The summed E-state index contributed by atoms with van der Waals surface area (Å²) >= 11 is 0. The molecule has 0 aliphatic heterocycles. The summed E-state index contributed by atoms with van der Waals surface area (Å²) in [6.45, 7) is 1.93. The maximum absolute atomic E-state index is 14.2. The van der Waals surface area contributed by atoms with Gasteiger partial charge in [-0.3, -0.25) is 0 Å². The molecule has 2 rings (SSSR count). The molecule has 0 aliphatic carbocycles. The number of halogens is 1. The van der Waals surface area contributed by atoms with Gasteiger partial charge in [0.25, 0.3) is 0 Å². The van der Waals surface area contributed by atoms with Gasteiger partial charge in [0.2, 0.25) is 0 Å². The number of nitrogens with zero attached hydrogens (tertiary/aromatic N) is 1. The Morgan fingerprint density at radius 1 is 1.35 bits per heavy atom. The Balaban J connectivity index is 2.52. The van der Waals surface area contributed by atoms with Crippen molar-refractivity contribution in [1.29, 1.82) is 0 Å². The van der Waals surface area contributed by atoms with Crippen molar-refractivity contribution in [3.05, 3.63) is 41.8 Å². The molecule has 1 N–H and O–H groups in total. The lowest BCUT2D eigenvalue weighted by Gasteiger charge is -2.11. The lowest BCUT2D eigenvalue weighted by atomic mass is 10.1. The van der Waals surface area contributed by atoms with Crippen LogP contribution in [0.4, 0.5) is 9.18 Å². The Morgan fingerprint density at radius 3 is 2.70 bits per heavy atom. The van der Waals surface area contributed by atoms with Gasteiger partial charge in [-0.05, 0) is 18.6 Å². The van der Waals surface area contributed by atoms with E-state index in [1.165, 1.54) is 23.9 Å². The molecule has 2 aromatic rings. The highest BCUT2D eigenvalue weighted by molar-refractivity contribution is 5.83. The van der Waals surface area contributed by atoms with Crippen LogP contribution in [0.15, 0.2) is 30.5 Å². The molecule has 0 atom stereocenters. The lowest BCUT2D eigenvalue weighted by molar-refractivity contribution is 0.146. The number of carbonyl (C=O) groups is 1. The number of aromatic nitrogens is 1. The van der Waals surface area contributed by atoms with Crippen LogP contribution in [0.25, 0.3) is 11.3 Å². The van der Waals surface area contributed by atoms with E-state index >= 15 is 0 Å². The second-order valence-electron chi connectivity index (χ2n) is 5.01. The van der Waals surface area contributed by atoms with Gasteiger partial charge >= 0.3 is 6.09 Å². The molecule has 0 amide bonds. The maximum atomic E-state index is 14.2. The average Bonchev–Trinajstić information content (AvgIpc) is 2.94. The van der Waals surface area contributed by atoms with Crippen LogP contribution in [0.2, 0.25) is 0 Å². The maximum Gasteiger partial charge on any atom is 0.418 e. The SMILES string of the molecule is CCCCOC(=O)n1cc(CO)c(OC)c1-c1ccccc1F. The summed E-state index contributed by atoms with van der Waals surface area (Å²) in [4.78, 5) is 12.3. The predicted octanol–water partition coefficient (Wildman–Crippen LogP) is 3.58. The van der Waals surface area contributed by atoms with Crippen molar-refractivity contribution in [3.8, 4) is 17.0 Å². The molecule has 1 aromatic carbocycles. The smallest absolute Gasteiger partial charge is 0.418 e. The van der Waals surface area contributed by atoms with E-state index in [9.17, 15) is 14.3 Å². The topological polar surface area (TPSA) is 60.7 Å². The van der Waals surface area contributed by atoms with Crippen LogP contribution >= 0.6 is 0 Å². The monoisotopic (exact) mass is 321 g/mol. The molecule has 0 radical (unpaired) electrons. The summed E-state index contributed by atoms with van der Waals surface area (Å²) in [7, 11) is 1.41. The summed E-state index contributed by atoms with van der Waals surface area (Å²) in [5.74, 6) is -0.235. The van der Waals surface area contributed by atoms with Gasteiger partial charge < -0.3 is 14.6 Å². The number of rotatable bonds is 6. The van der Waals surface area contributed by atoms with Gasteiger partial charge in [0.05, 0.1) is 20.3 Å². The third-order valence-electron chi connectivity index (χ3n) is 3.46. The molecule has 6 heteroatoms. The van der Waals surface area contributed by atoms with Crippen molar-refractivity contribution in [2.75, 3.05) is 13.7 Å². The minimum atomic E-state index is -0.630. The van der Waals surface area contributed by atoms with Crippen LogP contribution in [0.1, 0.15) is 25.3 Å². The number of carbonyl (C=O) groups excluding carboxylic acids is 1. The standard InChI is InChI=1S/C17H20FNO4/c1-3-4-9-23-17(21)19-10-12(11-20)16(22-2)15(19)13-7-5-6-8-14(13)18/h5-8,10,20H,3-4,9,11H2,1-2H3. The normalized spacial score (nSPS) is 10.6. The van der Waals surface area contributed by atoms with Crippen LogP contribution in [0, 0.1) is 5.82 Å². The molecule has 0 fully saturated rings. The number of aliphatic hydroxyl groups is 1. The molecule has 0 bridgehead atoms. The van der Waals surface area contributed by atoms with Gasteiger partial charge in [0.1, 0.15) is 11.5 Å². The van der Waals surface area contributed by atoms with E-state index in [0.717, 1.165) is 12.8 Å². The number of aliphatic hydroxyl groups excluding tert-OH is 1. The first-order chi connectivity index (χ1) is 11.1. The largest absolute Gasteiger partial charge is 0.494 e. The molecule has 23 heavy (non-hydrogen) atoms. The molecule has 0 spiro atoms. The van der Waals surface area contributed by atoms with E-state index in [1.54, 1.807) is 18.2 Å². The Bertz CT molecular complexity index is 681. The third-order valence-corrected chi connectivity index (χ3v) is 3.46. The summed E-state index contributed by atoms with van der Waals surface area (Å²) < 4.78 is 25.8. The first-order valence-corrected chi connectivity index (χ1v) is 7.45. The summed E-state index contributed by atoms with van der Waals surface area (Å²) in [6.07, 6.45) is 2.42. The average molecular weight is 321 g/mol. The Hall–Kier alpha value is -2.34. The lowest BCUT2D eigenvalue weighted by Crippen LogP contribution is -2.15. The quantitative estimate of drug-likeness (QED) is 0.826. The van der Waals surface area contributed by atoms with E-state index in [2.05, 4.69) is 0 Å². The van der Waals surface area contributed by atoms with E-state index in [0.29, 0.717) is 5.56 Å². The Morgan fingerprint density at radius 2 is 2.09 bits per heavy atom. The molecular weight excluding hydrogens is 301 g/mol. The van der Waals surface area contributed by atoms with Crippen molar-refractivity contribution in [3.63, 3.8) is 0 Å². The highest BCUT2D eigenvalue weighted by Crippen LogP contribution is 2.36. The number of hydrogen-bond acceptors (Lipinski definition) is 4. The molecule has 0 saturated carbocycles. The number of methoxy groups -OCH3 is 1. The molecule has 1 heterocycles. The first kappa shape index (κ1) is 17.0. The predicted molar refractivity (Wildman–Crippen MR) is 84.0 cm³/mol. The molecule has 0 saturated heterocycles. The van der Waals surface area contributed by atoms with Crippen LogP contribution in [0.3, 0.4) is 0 Å². The highest BCUT2D eigenvalue weighted by Gasteiger charge is 2.24. The van der Waals surface area contributed by atoms with E-state index < -0.39 is 11.9 Å². The van der Waals surface area contributed by atoms with Crippen LogP contribution in [0.5, 0.6) is 5.75 Å². The minimum Gasteiger partial charge on any atom is -0.494 e. The first-order valence-electron chi connectivity index (χ1n) is 7.45. The Kier molecular flexibility index (Phi) is 5.76. The summed E-state index contributed by atoms with van der Waals surface area (Å²) in [6, 6.07) is 6.07. The minimum absolute atomic E-state index is 0.205. The second-order valence-corrected chi connectivity index (χ2v) is 5.01. The molecular formula is C17H20FNO4. The van der Waals surface area contributed by atoms with E-state index in [-0.39, 0.29) is 30.2 Å². The molecule has 0 aliphatic rings. The second kappa shape index (κ2) is 7.78. The van der Waals surface area contributed by atoms with E-state index in [1.807, 2.05) is 6.92 Å². The van der Waals surface area contributed by atoms with Crippen molar-refractivity contribution < 1.29 is 23.8 Å². The fourth-order valence-corrected chi connectivity index (χ4v) is 2.30. The van der Waals surface area contributed by atoms with Gasteiger partial charge in [0, 0.05) is 17.3 Å². The van der Waals surface area contributed by atoms with Gasteiger partial charge in [-0.25, -0.2) is 13.8 Å². The van der Waals surface area contributed by atoms with Gasteiger partial charge in [-0.1, -0.05) is 25.5 Å². The Labute approximate surface area is 134 Å². The summed E-state index contributed by atoms with van der Waals surface area (Å²) in [5, 5.41) is 9.46. The van der Waals surface area contributed by atoms with Crippen molar-refractivity contribution in [1.82, 2.24) is 4.57 Å². The fraction of sp³-hybridized carbons (Fsp3) is 0.353. The van der Waals surface area contributed by atoms with Crippen molar-refractivity contribution >= 4 is 6.09 Å². The molecule has 1 aromatic heterocycles. The third kappa shape index (κ3) is 3.53. The van der Waals surface area contributed by atoms with Gasteiger partial charge in [-0.2, -0.15) is 0 Å². The zero-order chi connectivity index (χ0) is 16.8. The molecule has 0 unspecified atom stereocenters. The number of hydrogen-bond donors (Lipinski definition) is 1. The van der Waals surface area contributed by atoms with Crippen molar-refractivity contribution in [2.24, 2.45) is 0 Å². The van der Waals surface area contributed by atoms with Crippen LogP contribution in [-0.2, 0) is 11.3 Å². The zero-order valence-electron chi connectivity index (χ0n) is 13.2. The van der Waals surface area contributed by atoms with Crippen LogP contribution in [-0.4, -0.2) is 29.5 Å². The highest BCUT2D eigenvalue weighted by atomic mass is 19.1. The molecule has 5 nitrogen and oxygen atoms in total. The number of benzene rings is 1. The van der Waals surface area contributed by atoms with Gasteiger partial charge in [0.15, 0.2) is 5.75 Å². The number of unbranched alkanes of at least 4 members (excludes halogenated alkanes) is 1. The van der Waals surface area contributed by atoms with Crippen molar-refractivity contribution in [2.45, 2.75) is 26.4 Å². The summed E-state index contributed by atoms with van der Waals surface area (Å²) in [5.41, 5.74) is 0.825.